The van der Waals surface area contributed by atoms with Crippen molar-refractivity contribution in [1.29, 1.82) is 0 Å². The van der Waals surface area contributed by atoms with E-state index in [0.717, 1.165) is 38.1 Å². The number of amides is 1. The summed E-state index contributed by atoms with van der Waals surface area (Å²) in [5.74, 6) is -1.29. The number of hydrogen-bond donors (Lipinski definition) is 1. The number of piperidine rings is 1. The van der Waals surface area contributed by atoms with Gasteiger partial charge in [-0.15, -0.1) is 0 Å². The fraction of sp³-hybridized carbons (Fsp3) is 0.588. The Morgan fingerprint density at radius 2 is 2.08 bits per heavy atom. The molecule has 1 unspecified atom stereocenters. The van der Waals surface area contributed by atoms with Gasteiger partial charge in [-0.1, -0.05) is 6.07 Å². The number of nitrogens with one attached hydrogen (secondary N) is 1. The average molecular weight is 361 g/mol. The van der Waals surface area contributed by atoms with Crippen molar-refractivity contribution in [2.24, 2.45) is 0 Å². The van der Waals surface area contributed by atoms with Gasteiger partial charge < -0.3 is 10.2 Å². The first-order valence-electron chi connectivity index (χ1n) is 8.18. The molecule has 1 saturated heterocycles. The Morgan fingerprint density at radius 1 is 1.36 bits per heavy atom. The summed E-state index contributed by atoms with van der Waals surface area (Å²) >= 11 is 0. The number of halogens is 4. The first-order chi connectivity index (χ1) is 11.7. The Labute approximate surface area is 144 Å². The molecular weight excluding hydrogens is 338 g/mol. The minimum Gasteiger partial charge on any atom is -0.351 e. The predicted molar refractivity (Wildman–Crippen MR) is 86.4 cm³/mol. The van der Waals surface area contributed by atoms with E-state index >= 15 is 0 Å². The molecule has 1 atom stereocenters. The molecule has 1 aliphatic rings. The van der Waals surface area contributed by atoms with Gasteiger partial charge in [0.25, 0.3) is 0 Å². The first-order valence-corrected chi connectivity index (χ1v) is 8.18. The number of likely N-dealkylation sites (N-methyl/N-ethyl adjacent to an activating group) is 1. The standard InChI is InChI=1S/C17H23F4N3O/c1-23(2)14-4-3-7-24(10-14)11-16(25)22-9-12-5-6-13(18)8-15(12)17(19,20)21/h5-6,8,14H,3-4,7,9-11H2,1-2H3,(H,22,25). The second-order valence-electron chi connectivity index (χ2n) is 6.57. The van der Waals surface area contributed by atoms with Crippen LogP contribution < -0.4 is 5.32 Å². The average Bonchev–Trinajstić information content (AvgIpc) is 2.53. The highest BCUT2D eigenvalue weighted by Gasteiger charge is 2.33. The Morgan fingerprint density at radius 3 is 2.72 bits per heavy atom. The first kappa shape index (κ1) is 19.7. The lowest BCUT2D eigenvalue weighted by molar-refractivity contribution is -0.138. The van der Waals surface area contributed by atoms with Crippen molar-refractivity contribution in [2.75, 3.05) is 33.7 Å². The molecule has 25 heavy (non-hydrogen) atoms. The van der Waals surface area contributed by atoms with Crippen molar-refractivity contribution in [3.8, 4) is 0 Å². The molecule has 1 aromatic carbocycles. The second kappa shape index (κ2) is 8.14. The van der Waals surface area contributed by atoms with Crippen LogP contribution in [0.2, 0.25) is 0 Å². The molecule has 0 aliphatic carbocycles. The van der Waals surface area contributed by atoms with Crippen LogP contribution in [0.25, 0.3) is 0 Å². The van der Waals surface area contributed by atoms with Crippen molar-refractivity contribution in [3.63, 3.8) is 0 Å². The molecule has 0 spiro atoms. The van der Waals surface area contributed by atoms with Gasteiger partial charge in [0, 0.05) is 19.1 Å². The Hall–Kier alpha value is -1.67. The minimum atomic E-state index is -4.66. The lowest BCUT2D eigenvalue weighted by Gasteiger charge is -2.35. The van der Waals surface area contributed by atoms with E-state index in [9.17, 15) is 22.4 Å². The van der Waals surface area contributed by atoms with Crippen LogP contribution in [-0.2, 0) is 17.5 Å². The summed E-state index contributed by atoms with van der Waals surface area (Å²) in [4.78, 5) is 16.2. The zero-order valence-electron chi connectivity index (χ0n) is 14.4. The summed E-state index contributed by atoms with van der Waals surface area (Å²) in [6.07, 6.45) is -2.62. The van der Waals surface area contributed by atoms with Crippen molar-refractivity contribution in [2.45, 2.75) is 31.6 Å². The number of carbonyl (C=O) groups is 1. The molecule has 140 valence electrons. The van der Waals surface area contributed by atoms with Gasteiger partial charge in [-0.2, -0.15) is 13.2 Å². The monoisotopic (exact) mass is 361 g/mol. The number of benzene rings is 1. The molecule has 1 aliphatic heterocycles. The number of hydrogen-bond acceptors (Lipinski definition) is 3. The summed E-state index contributed by atoms with van der Waals surface area (Å²) < 4.78 is 51.9. The smallest absolute Gasteiger partial charge is 0.351 e. The second-order valence-corrected chi connectivity index (χ2v) is 6.57. The fourth-order valence-corrected chi connectivity index (χ4v) is 3.02. The molecule has 1 fully saturated rings. The predicted octanol–water partition coefficient (Wildman–Crippen LogP) is 2.49. The van der Waals surface area contributed by atoms with Crippen LogP contribution in [0.4, 0.5) is 17.6 Å². The summed E-state index contributed by atoms with van der Waals surface area (Å²) in [6.45, 7) is 1.42. The van der Waals surface area contributed by atoms with Gasteiger partial charge in [0.2, 0.25) is 5.91 Å². The van der Waals surface area contributed by atoms with Crippen molar-refractivity contribution >= 4 is 5.91 Å². The third kappa shape index (κ3) is 5.67. The molecule has 1 aromatic rings. The normalized spacial score (nSPS) is 19.2. The van der Waals surface area contributed by atoms with E-state index in [1.165, 1.54) is 0 Å². The highest BCUT2D eigenvalue weighted by Crippen LogP contribution is 2.32. The molecule has 1 amide bonds. The van der Waals surface area contributed by atoms with Crippen LogP contribution in [0.1, 0.15) is 24.0 Å². The quantitative estimate of drug-likeness (QED) is 0.819. The van der Waals surface area contributed by atoms with Crippen LogP contribution in [0.5, 0.6) is 0 Å². The molecule has 4 nitrogen and oxygen atoms in total. The van der Waals surface area contributed by atoms with Gasteiger partial charge in [-0.25, -0.2) is 4.39 Å². The van der Waals surface area contributed by atoms with Gasteiger partial charge in [-0.05, 0) is 51.2 Å². The molecule has 0 bridgehead atoms. The maximum absolute atomic E-state index is 13.1. The zero-order chi connectivity index (χ0) is 18.6. The van der Waals surface area contributed by atoms with E-state index in [1.54, 1.807) is 0 Å². The molecule has 0 radical (unpaired) electrons. The van der Waals surface area contributed by atoms with Gasteiger partial charge >= 0.3 is 6.18 Å². The van der Waals surface area contributed by atoms with Crippen molar-refractivity contribution in [3.05, 3.63) is 35.1 Å². The minimum absolute atomic E-state index is 0.146. The molecule has 2 rings (SSSR count). The van der Waals surface area contributed by atoms with Crippen molar-refractivity contribution < 1.29 is 22.4 Å². The zero-order valence-corrected chi connectivity index (χ0v) is 14.4. The maximum Gasteiger partial charge on any atom is 0.416 e. The van der Waals surface area contributed by atoms with Crippen LogP contribution >= 0.6 is 0 Å². The third-order valence-electron chi connectivity index (χ3n) is 4.43. The summed E-state index contributed by atoms with van der Waals surface area (Å²) in [7, 11) is 3.98. The lowest BCUT2D eigenvalue weighted by Crippen LogP contribution is -2.48. The summed E-state index contributed by atoms with van der Waals surface area (Å²) in [5.41, 5.74) is -1.20. The summed E-state index contributed by atoms with van der Waals surface area (Å²) in [6, 6.07) is 2.84. The Kier molecular flexibility index (Phi) is 6.40. The number of rotatable bonds is 5. The van der Waals surface area contributed by atoms with E-state index in [1.807, 2.05) is 19.0 Å². The van der Waals surface area contributed by atoms with E-state index in [4.69, 9.17) is 0 Å². The lowest BCUT2D eigenvalue weighted by atomic mass is 10.0. The number of likely N-dealkylation sites (tertiary alicyclic amines) is 1. The molecule has 8 heteroatoms. The van der Waals surface area contributed by atoms with Gasteiger partial charge in [0.1, 0.15) is 5.82 Å². The molecule has 0 aromatic heterocycles. The van der Waals surface area contributed by atoms with E-state index in [0.29, 0.717) is 12.1 Å². The van der Waals surface area contributed by atoms with Gasteiger partial charge in [0.15, 0.2) is 0 Å². The van der Waals surface area contributed by atoms with Crippen molar-refractivity contribution in [1.82, 2.24) is 15.1 Å². The molecular formula is C17H23F4N3O. The maximum atomic E-state index is 13.1. The highest BCUT2D eigenvalue weighted by molar-refractivity contribution is 5.78. The molecule has 0 saturated carbocycles. The summed E-state index contributed by atoms with van der Waals surface area (Å²) in [5, 5.41) is 2.51. The Balaban J connectivity index is 1.92. The van der Waals surface area contributed by atoms with E-state index < -0.39 is 17.6 Å². The highest BCUT2D eigenvalue weighted by atomic mass is 19.4. The third-order valence-corrected chi connectivity index (χ3v) is 4.43. The molecule has 1 heterocycles. The topological polar surface area (TPSA) is 35.6 Å². The Bertz CT molecular complexity index is 604. The number of carbonyl (C=O) groups excluding carboxylic acids is 1. The van der Waals surface area contributed by atoms with Crippen LogP contribution in [-0.4, -0.2) is 55.5 Å². The number of nitrogens with zero attached hydrogens (tertiary/aromatic N) is 2. The SMILES string of the molecule is CN(C)C1CCCN(CC(=O)NCc2ccc(F)cc2C(F)(F)F)C1. The largest absolute Gasteiger partial charge is 0.416 e. The van der Waals surface area contributed by atoms with Crippen LogP contribution in [0.3, 0.4) is 0 Å². The molecule has 1 N–H and O–H groups in total. The van der Waals surface area contributed by atoms with E-state index in [2.05, 4.69) is 10.2 Å². The van der Waals surface area contributed by atoms with Crippen LogP contribution in [0, 0.1) is 5.82 Å². The van der Waals surface area contributed by atoms with Gasteiger partial charge in [-0.3, -0.25) is 9.69 Å². The van der Waals surface area contributed by atoms with Gasteiger partial charge in [0.05, 0.1) is 12.1 Å². The number of alkyl halides is 3. The fourth-order valence-electron chi connectivity index (χ4n) is 3.02. The van der Waals surface area contributed by atoms with E-state index in [-0.39, 0.29) is 24.6 Å². The van der Waals surface area contributed by atoms with Crippen LogP contribution in [0.15, 0.2) is 18.2 Å².